The van der Waals surface area contributed by atoms with Gasteiger partial charge in [-0.25, -0.2) is 22.0 Å². The van der Waals surface area contributed by atoms with Gasteiger partial charge in [0.05, 0.1) is 19.8 Å². The van der Waals surface area contributed by atoms with Gasteiger partial charge in [-0.05, 0) is 55.7 Å². The molecule has 0 amide bonds. The molecule has 12 heteroatoms. The molecule has 220 valence electrons. The average molecular weight is 579 g/mol. The number of rotatable bonds is 9. The molecule has 0 N–H and O–H groups in total. The van der Waals surface area contributed by atoms with Crippen LogP contribution in [0.1, 0.15) is 62.5 Å². The molecule has 2 bridgehead atoms. The second-order valence-corrected chi connectivity index (χ2v) is 10.7. The largest absolute Gasteiger partial charge is 0.457 e. The molecule has 40 heavy (non-hydrogen) atoms. The highest BCUT2D eigenvalue weighted by Crippen LogP contribution is 2.50. The molecule has 2 aromatic rings. The van der Waals surface area contributed by atoms with Crippen LogP contribution in [0.15, 0.2) is 24.3 Å². The van der Waals surface area contributed by atoms with Gasteiger partial charge in [0, 0.05) is 23.5 Å². The fourth-order valence-corrected chi connectivity index (χ4v) is 5.99. The smallest absolute Gasteiger partial charge is 0.432 e. The van der Waals surface area contributed by atoms with E-state index < -0.39 is 59.3 Å². The molecule has 0 unspecified atom stereocenters. The first-order valence-electron chi connectivity index (χ1n) is 13.2. The average Bonchev–Trinajstić information content (AvgIpc) is 2.91. The van der Waals surface area contributed by atoms with Crippen molar-refractivity contribution < 1.29 is 54.4 Å². The number of alkyl halides is 3. The fraction of sp³-hybridized carbons (Fsp3) is 0.571. The Bertz CT molecular complexity index is 1160. The van der Waals surface area contributed by atoms with Gasteiger partial charge in [-0.3, -0.25) is 0 Å². The van der Waals surface area contributed by atoms with Crippen LogP contribution < -0.4 is 9.47 Å². The summed E-state index contributed by atoms with van der Waals surface area (Å²) >= 11 is 0. The van der Waals surface area contributed by atoms with Crippen molar-refractivity contribution in [3.05, 3.63) is 58.7 Å². The number of fused-ring (bicyclic) bond motifs is 3. The molecule has 2 aromatic carbocycles. The van der Waals surface area contributed by atoms with Gasteiger partial charge in [0.1, 0.15) is 22.9 Å². The molecule has 3 aliphatic heterocycles. The van der Waals surface area contributed by atoms with Gasteiger partial charge >= 0.3 is 6.11 Å². The SMILES string of the molecule is CCCC12COC(C3CCC(c4cc(F)c(C(F)(F)Oc5cc(F)c(OCF)c(F)c5)c(F)c4)CC3)(OC1)OC2. The van der Waals surface area contributed by atoms with Crippen molar-refractivity contribution >= 4 is 0 Å². The Morgan fingerprint density at radius 2 is 1.40 bits per heavy atom. The second-order valence-electron chi connectivity index (χ2n) is 10.7. The van der Waals surface area contributed by atoms with Crippen molar-refractivity contribution in [2.24, 2.45) is 11.3 Å². The Morgan fingerprint density at radius 3 is 1.90 bits per heavy atom. The lowest BCUT2D eigenvalue weighted by Crippen LogP contribution is -2.63. The van der Waals surface area contributed by atoms with Crippen LogP contribution in [0, 0.1) is 34.6 Å². The lowest BCUT2D eigenvalue weighted by atomic mass is 9.76. The van der Waals surface area contributed by atoms with Crippen LogP contribution in [-0.4, -0.2) is 32.7 Å². The Morgan fingerprint density at radius 1 is 0.850 bits per heavy atom. The summed E-state index contributed by atoms with van der Waals surface area (Å²) in [5.41, 5.74) is -1.64. The predicted molar refractivity (Wildman–Crippen MR) is 126 cm³/mol. The summed E-state index contributed by atoms with van der Waals surface area (Å²) in [6.45, 7) is 2.16. The van der Waals surface area contributed by atoms with Gasteiger partial charge < -0.3 is 23.7 Å². The highest BCUT2D eigenvalue weighted by atomic mass is 19.3. The van der Waals surface area contributed by atoms with E-state index in [4.69, 9.17) is 14.2 Å². The molecule has 5 nitrogen and oxygen atoms in total. The minimum atomic E-state index is -4.62. The molecule has 4 fully saturated rings. The molecule has 1 aliphatic carbocycles. The summed E-state index contributed by atoms with van der Waals surface area (Å²) in [5, 5.41) is 0. The van der Waals surface area contributed by atoms with Crippen LogP contribution >= 0.6 is 0 Å². The highest BCUT2D eigenvalue weighted by Gasteiger charge is 2.56. The minimum Gasteiger partial charge on any atom is -0.457 e. The monoisotopic (exact) mass is 578 g/mol. The topological polar surface area (TPSA) is 46.2 Å². The Kier molecular flexibility index (Phi) is 7.97. The molecule has 0 aromatic heterocycles. The van der Waals surface area contributed by atoms with E-state index in [9.17, 15) is 30.7 Å². The fourth-order valence-electron chi connectivity index (χ4n) is 5.99. The van der Waals surface area contributed by atoms with E-state index in [1.54, 1.807) is 0 Å². The third-order valence-corrected chi connectivity index (χ3v) is 7.99. The standard InChI is InChI=1S/C28H29F7O5/c1-2-7-26-12-37-28(38-13-26,39-14-26)18-5-3-16(4-6-18)17-8-20(30)24(21(31)9-17)27(34,35)40-19-10-22(32)25(36-15-29)23(33)11-19/h8-11,16,18H,2-7,12-15H2,1H3. The zero-order valence-corrected chi connectivity index (χ0v) is 21.7. The summed E-state index contributed by atoms with van der Waals surface area (Å²) in [6.07, 6.45) is -0.545. The van der Waals surface area contributed by atoms with Crippen LogP contribution in [0.5, 0.6) is 11.5 Å². The maximum Gasteiger partial charge on any atom is 0.432 e. The first-order valence-corrected chi connectivity index (χ1v) is 13.2. The van der Waals surface area contributed by atoms with Crippen LogP contribution in [0.3, 0.4) is 0 Å². The van der Waals surface area contributed by atoms with Gasteiger partial charge in [-0.15, -0.1) is 0 Å². The van der Waals surface area contributed by atoms with E-state index >= 15 is 0 Å². The lowest BCUT2D eigenvalue weighted by molar-refractivity contribution is -0.488. The third kappa shape index (κ3) is 5.37. The number of ether oxygens (including phenoxy) is 5. The van der Waals surface area contributed by atoms with E-state index in [0.29, 0.717) is 57.6 Å². The minimum absolute atomic E-state index is 0.0853. The van der Waals surface area contributed by atoms with E-state index in [-0.39, 0.29) is 22.8 Å². The zero-order valence-electron chi connectivity index (χ0n) is 21.7. The van der Waals surface area contributed by atoms with Gasteiger partial charge in [-0.1, -0.05) is 13.3 Å². The third-order valence-electron chi connectivity index (χ3n) is 7.99. The van der Waals surface area contributed by atoms with Gasteiger partial charge in [-0.2, -0.15) is 8.78 Å². The Hall–Kier alpha value is -2.57. The van der Waals surface area contributed by atoms with E-state index in [1.807, 2.05) is 0 Å². The number of benzene rings is 2. The summed E-state index contributed by atoms with van der Waals surface area (Å²) in [5.74, 6) is -9.94. The first-order chi connectivity index (χ1) is 19.0. The lowest BCUT2D eigenvalue weighted by Gasteiger charge is -2.55. The maximum absolute atomic E-state index is 14.9. The van der Waals surface area contributed by atoms with Crippen molar-refractivity contribution in [2.45, 2.75) is 63.4 Å². The van der Waals surface area contributed by atoms with Gasteiger partial charge in [0.2, 0.25) is 6.86 Å². The molecule has 1 saturated carbocycles. The number of hydrogen-bond donors (Lipinski definition) is 0. The summed E-state index contributed by atoms with van der Waals surface area (Å²) in [7, 11) is 0. The first kappa shape index (κ1) is 28.9. The predicted octanol–water partition coefficient (Wildman–Crippen LogP) is 7.47. The highest BCUT2D eigenvalue weighted by molar-refractivity contribution is 5.36. The van der Waals surface area contributed by atoms with Crippen LogP contribution in [0.25, 0.3) is 0 Å². The van der Waals surface area contributed by atoms with E-state index in [1.165, 1.54) is 0 Å². The normalized spacial score (nSPS) is 28.5. The van der Waals surface area contributed by atoms with Gasteiger partial charge in [0.25, 0.3) is 5.97 Å². The molecule has 3 heterocycles. The van der Waals surface area contributed by atoms with Crippen LogP contribution in [0.4, 0.5) is 30.7 Å². The molecule has 0 radical (unpaired) electrons. The van der Waals surface area contributed by atoms with E-state index in [2.05, 4.69) is 16.4 Å². The molecule has 4 aliphatic rings. The molecule has 3 saturated heterocycles. The van der Waals surface area contributed by atoms with Crippen LogP contribution in [-0.2, 0) is 20.3 Å². The molecular formula is C28H29F7O5. The van der Waals surface area contributed by atoms with E-state index in [0.717, 1.165) is 25.0 Å². The summed E-state index contributed by atoms with van der Waals surface area (Å²) in [6, 6.07) is 2.23. The molecule has 6 rings (SSSR count). The van der Waals surface area contributed by atoms with Crippen LogP contribution in [0.2, 0.25) is 0 Å². The Labute approximate surface area is 226 Å². The van der Waals surface area contributed by atoms with Crippen molar-refractivity contribution in [1.82, 2.24) is 0 Å². The van der Waals surface area contributed by atoms with Crippen molar-refractivity contribution in [2.75, 3.05) is 26.7 Å². The Balaban J connectivity index is 1.26. The summed E-state index contributed by atoms with van der Waals surface area (Å²) < 4.78 is 126. The second kappa shape index (κ2) is 11.0. The number of hydrogen-bond acceptors (Lipinski definition) is 5. The summed E-state index contributed by atoms with van der Waals surface area (Å²) in [4.78, 5) is 0. The maximum atomic E-state index is 14.9. The van der Waals surface area contributed by atoms with Crippen molar-refractivity contribution in [3.63, 3.8) is 0 Å². The van der Waals surface area contributed by atoms with Gasteiger partial charge in [0.15, 0.2) is 17.4 Å². The molecule has 0 atom stereocenters. The molecule has 0 spiro atoms. The van der Waals surface area contributed by atoms with Crippen molar-refractivity contribution in [1.29, 1.82) is 0 Å². The van der Waals surface area contributed by atoms with Crippen molar-refractivity contribution in [3.8, 4) is 11.5 Å². The quantitative estimate of drug-likeness (QED) is 0.289. The zero-order chi connectivity index (χ0) is 28.7. The number of halogens is 7. The molecular weight excluding hydrogens is 549 g/mol.